The second-order valence-electron chi connectivity index (χ2n) is 5.97. The minimum Gasteiger partial charge on any atom is -0.345 e. The van der Waals surface area contributed by atoms with Gasteiger partial charge in [-0.25, -0.2) is 0 Å². The lowest BCUT2D eigenvalue weighted by Gasteiger charge is -2.14. The van der Waals surface area contributed by atoms with E-state index in [4.69, 9.17) is 0 Å². The van der Waals surface area contributed by atoms with Crippen molar-refractivity contribution in [1.82, 2.24) is 30.5 Å². The number of nitrogens with one attached hydrogen (secondary N) is 2. The third-order valence-corrected chi connectivity index (χ3v) is 4.20. The second-order valence-corrected chi connectivity index (χ2v) is 5.97. The Labute approximate surface area is 129 Å². The van der Waals surface area contributed by atoms with Crippen LogP contribution in [0.1, 0.15) is 72.3 Å². The molecule has 118 valence electrons. The SMILES string of the molecule is CCCC(NC(=O)c1cc(C)n(C2CC2)c1C)c1nn[nH]n1. The minimum atomic E-state index is -0.208. The van der Waals surface area contributed by atoms with Crippen LogP contribution in [0, 0.1) is 13.8 Å². The summed E-state index contributed by atoms with van der Waals surface area (Å²) in [7, 11) is 0. The minimum absolute atomic E-state index is 0.0664. The topological polar surface area (TPSA) is 88.5 Å². The molecular weight excluding hydrogens is 280 g/mol. The van der Waals surface area contributed by atoms with E-state index < -0.39 is 0 Å². The van der Waals surface area contributed by atoms with Crippen molar-refractivity contribution < 1.29 is 4.79 Å². The molecule has 1 aliphatic rings. The molecule has 0 saturated heterocycles. The first-order chi connectivity index (χ1) is 10.6. The molecule has 1 atom stereocenters. The smallest absolute Gasteiger partial charge is 0.253 e. The van der Waals surface area contributed by atoms with Crippen molar-refractivity contribution >= 4 is 5.91 Å². The number of aromatic nitrogens is 5. The van der Waals surface area contributed by atoms with Gasteiger partial charge in [0.2, 0.25) is 0 Å². The molecule has 1 amide bonds. The quantitative estimate of drug-likeness (QED) is 0.856. The summed E-state index contributed by atoms with van der Waals surface area (Å²) in [6, 6.07) is 2.34. The Hall–Kier alpha value is -2.18. The largest absolute Gasteiger partial charge is 0.345 e. The Morgan fingerprint density at radius 3 is 2.86 bits per heavy atom. The van der Waals surface area contributed by atoms with Gasteiger partial charge in [-0.05, 0) is 39.2 Å². The van der Waals surface area contributed by atoms with Crippen LogP contribution in [0.5, 0.6) is 0 Å². The molecule has 1 fully saturated rings. The van der Waals surface area contributed by atoms with Crippen molar-refractivity contribution in [2.45, 2.75) is 58.5 Å². The van der Waals surface area contributed by atoms with Crippen molar-refractivity contribution in [3.63, 3.8) is 0 Å². The fourth-order valence-electron chi connectivity index (χ4n) is 3.01. The molecule has 0 aliphatic heterocycles. The zero-order valence-electron chi connectivity index (χ0n) is 13.3. The lowest BCUT2D eigenvalue weighted by atomic mass is 10.1. The molecule has 2 N–H and O–H groups in total. The van der Waals surface area contributed by atoms with Crippen LogP contribution < -0.4 is 5.32 Å². The summed E-state index contributed by atoms with van der Waals surface area (Å²) in [4.78, 5) is 12.6. The highest BCUT2D eigenvalue weighted by atomic mass is 16.1. The predicted molar refractivity (Wildman–Crippen MR) is 81.5 cm³/mol. The summed E-state index contributed by atoms with van der Waals surface area (Å²) in [6.07, 6.45) is 4.13. The monoisotopic (exact) mass is 302 g/mol. The molecule has 1 saturated carbocycles. The molecule has 0 aromatic carbocycles. The van der Waals surface area contributed by atoms with Gasteiger partial charge >= 0.3 is 0 Å². The molecule has 1 unspecified atom stereocenters. The zero-order chi connectivity index (χ0) is 15.7. The number of hydrogen-bond donors (Lipinski definition) is 2. The first kappa shape index (κ1) is 14.7. The summed E-state index contributed by atoms with van der Waals surface area (Å²) in [5.41, 5.74) is 2.94. The molecule has 2 heterocycles. The second kappa shape index (κ2) is 5.90. The maximum atomic E-state index is 12.6. The van der Waals surface area contributed by atoms with E-state index in [-0.39, 0.29) is 11.9 Å². The number of H-pyrrole nitrogens is 1. The Kier molecular flexibility index (Phi) is 3.96. The number of carbonyl (C=O) groups excluding carboxylic acids is 1. The van der Waals surface area contributed by atoms with Gasteiger partial charge < -0.3 is 9.88 Å². The van der Waals surface area contributed by atoms with Crippen LogP contribution in [0.15, 0.2) is 6.07 Å². The lowest BCUT2D eigenvalue weighted by Crippen LogP contribution is -2.29. The molecule has 22 heavy (non-hydrogen) atoms. The van der Waals surface area contributed by atoms with Crippen LogP contribution in [0.3, 0.4) is 0 Å². The van der Waals surface area contributed by atoms with Gasteiger partial charge in [0, 0.05) is 17.4 Å². The van der Waals surface area contributed by atoms with Gasteiger partial charge in [0.15, 0.2) is 5.82 Å². The normalized spacial score (nSPS) is 15.8. The first-order valence-electron chi connectivity index (χ1n) is 7.84. The molecule has 7 heteroatoms. The Balaban J connectivity index is 1.80. The summed E-state index contributed by atoms with van der Waals surface area (Å²) in [5.74, 6) is 0.467. The Bertz CT molecular complexity index is 656. The van der Waals surface area contributed by atoms with Crippen molar-refractivity contribution in [2.24, 2.45) is 0 Å². The summed E-state index contributed by atoms with van der Waals surface area (Å²) < 4.78 is 2.28. The van der Waals surface area contributed by atoms with E-state index in [1.807, 2.05) is 13.0 Å². The van der Waals surface area contributed by atoms with E-state index in [0.717, 1.165) is 29.8 Å². The van der Waals surface area contributed by atoms with Crippen LogP contribution in [-0.2, 0) is 0 Å². The number of nitrogens with zero attached hydrogens (tertiary/aromatic N) is 4. The zero-order valence-corrected chi connectivity index (χ0v) is 13.3. The molecule has 0 bridgehead atoms. The molecule has 0 spiro atoms. The Morgan fingerprint density at radius 1 is 1.50 bits per heavy atom. The van der Waals surface area contributed by atoms with E-state index in [1.54, 1.807) is 0 Å². The number of aryl methyl sites for hydroxylation is 1. The highest BCUT2D eigenvalue weighted by molar-refractivity contribution is 5.96. The van der Waals surface area contributed by atoms with Crippen LogP contribution >= 0.6 is 0 Å². The summed E-state index contributed by atoms with van der Waals surface area (Å²) in [5, 5.41) is 17.1. The van der Waals surface area contributed by atoms with Gasteiger partial charge in [0.05, 0.1) is 11.6 Å². The molecule has 1 aliphatic carbocycles. The molecule has 3 rings (SSSR count). The van der Waals surface area contributed by atoms with Crippen LogP contribution in [0.4, 0.5) is 0 Å². The molecule has 2 aromatic rings. The predicted octanol–water partition coefficient (Wildman–Crippen LogP) is 2.22. The number of amides is 1. The summed E-state index contributed by atoms with van der Waals surface area (Å²) >= 11 is 0. The van der Waals surface area contributed by atoms with E-state index in [0.29, 0.717) is 11.9 Å². The van der Waals surface area contributed by atoms with E-state index in [1.165, 1.54) is 12.8 Å². The maximum absolute atomic E-state index is 12.6. The van der Waals surface area contributed by atoms with E-state index >= 15 is 0 Å². The van der Waals surface area contributed by atoms with Crippen LogP contribution in [0.25, 0.3) is 0 Å². The van der Waals surface area contributed by atoms with Gasteiger partial charge in [-0.1, -0.05) is 18.6 Å². The van der Waals surface area contributed by atoms with E-state index in [9.17, 15) is 4.79 Å². The molecular formula is C15H22N6O. The highest BCUT2D eigenvalue weighted by Gasteiger charge is 2.29. The third kappa shape index (κ3) is 2.75. The number of rotatable bonds is 6. The average Bonchev–Trinajstić information content (AvgIpc) is 3.07. The maximum Gasteiger partial charge on any atom is 0.253 e. The lowest BCUT2D eigenvalue weighted by molar-refractivity contribution is 0.0932. The van der Waals surface area contributed by atoms with Crippen LogP contribution in [0.2, 0.25) is 0 Å². The Morgan fingerprint density at radius 2 is 2.27 bits per heavy atom. The van der Waals surface area contributed by atoms with Gasteiger partial charge in [0.1, 0.15) is 0 Å². The van der Waals surface area contributed by atoms with Crippen molar-refractivity contribution in [3.05, 3.63) is 28.8 Å². The van der Waals surface area contributed by atoms with Gasteiger partial charge in [0.25, 0.3) is 5.91 Å². The highest BCUT2D eigenvalue weighted by Crippen LogP contribution is 2.38. The van der Waals surface area contributed by atoms with Crippen molar-refractivity contribution in [1.29, 1.82) is 0 Å². The van der Waals surface area contributed by atoms with Crippen molar-refractivity contribution in [3.8, 4) is 0 Å². The average molecular weight is 302 g/mol. The van der Waals surface area contributed by atoms with Crippen molar-refractivity contribution in [2.75, 3.05) is 0 Å². The molecule has 2 aromatic heterocycles. The fourth-order valence-corrected chi connectivity index (χ4v) is 3.01. The number of carbonyl (C=O) groups is 1. The number of aromatic amines is 1. The third-order valence-electron chi connectivity index (χ3n) is 4.20. The van der Waals surface area contributed by atoms with Crippen LogP contribution in [-0.4, -0.2) is 31.1 Å². The van der Waals surface area contributed by atoms with Gasteiger partial charge in [-0.3, -0.25) is 4.79 Å². The van der Waals surface area contributed by atoms with Gasteiger partial charge in [-0.2, -0.15) is 5.21 Å². The van der Waals surface area contributed by atoms with Gasteiger partial charge in [-0.15, -0.1) is 10.2 Å². The number of hydrogen-bond acceptors (Lipinski definition) is 4. The molecule has 7 nitrogen and oxygen atoms in total. The van der Waals surface area contributed by atoms with E-state index in [2.05, 4.69) is 44.4 Å². The first-order valence-corrected chi connectivity index (χ1v) is 7.84. The standard InChI is InChI=1S/C15H22N6O/c1-4-5-13(14-17-19-20-18-14)16-15(22)12-8-9(2)21(10(12)3)11-6-7-11/h8,11,13H,4-7H2,1-3H3,(H,16,22)(H,17,18,19,20). The molecule has 0 radical (unpaired) electrons. The summed E-state index contributed by atoms with van der Waals surface area (Å²) in [6.45, 7) is 6.15. The fraction of sp³-hybridized carbons (Fsp3) is 0.600. The number of tetrazole rings is 1.